The number of aliphatic hydroxyl groups is 1. The van der Waals surface area contributed by atoms with Gasteiger partial charge in [0.05, 0.1) is 47.0 Å². The van der Waals surface area contributed by atoms with Crippen LogP contribution in [0.5, 0.6) is 5.75 Å². The summed E-state index contributed by atoms with van der Waals surface area (Å²) in [6.45, 7) is 2.42. The average Bonchev–Trinajstić information content (AvgIpc) is 3.54. The Morgan fingerprint density at radius 2 is 2.14 bits per heavy atom. The third-order valence-corrected chi connectivity index (χ3v) is 6.42. The van der Waals surface area contributed by atoms with Crippen molar-refractivity contribution in [3.8, 4) is 5.75 Å². The van der Waals surface area contributed by atoms with Crippen molar-refractivity contribution in [3.05, 3.63) is 65.5 Å². The predicted octanol–water partition coefficient (Wildman–Crippen LogP) is 3.45. The Bertz CT molecular complexity index is 1500. The molecule has 0 aliphatic carbocycles. The molecule has 0 aliphatic rings. The number of thiazole rings is 1. The Morgan fingerprint density at radius 1 is 1.25 bits per heavy atom. The quantitative estimate of drug-likeness (QED) is 0.314. The van der Waals surface area contributed by atoms with Gasteiger partial charge in [-0.25, -0.2) is 15.0 Å². The normalized spacial score (nSPS) is 12.1. The van der Waals surface area contributed by atoms with Crippen LogP contribution in [0.1, 0.15) is 12.6 Å². The number of aliphatic hydroxyl groups excluding tert-OH is 1. The van der Waals surface area contributed by atoms with Gasteiger partial charge >= 0.3 is 0 Å². The van der Waals surface area contributed by atoms with E-state index in [-0.39, 0.29) is 19.1 Å². The van der Waals surface area contributed by atoms with Crippen LogP contribution in [-0.4, -0.2) is 66.9 Å². The second kappa shape index (κ2) is 10.3. The van der Waals surface area contributed by atoms with Gasteiger partial charge < -0.3 is 20.1 Å². The Balaban J connectivity index is 1.42. The van der Waals surface area contributed by atoms with E-state index in [0.29, 0.717) is 29.0 Å². The van der Waals surface area contributed by atoms with E-state index >= 15 is 0 Å². The highest BCUT2D eigenvalue weighted by Gasteiger charge is 2.21. The third kappa shape index (κ3) is 4.83. The largest absolute Gasteiger partial charge is 0.480 e. The SMILES string of the molecule is CC(Oc1cccc2ncnc(Nc3ccc4c(cnn4Cc4cscn4)c3)c12)C(=O)N(C)CCO. The molecule has 1 unspecified atom stereocenters. The van der Waals surface area contributed by atoms with Crippen LogP contribution >= 0.6 is 11.3 Å². The Hall–Kier alpha value is -4.09. The van der Waals surface area contributed by atoms with Gasteiger partial charge in [0, 0.05) is 30.0 Å². The minimum Gasteiger partial charge on any atom is -0.480 e. The number of amides is 1. The van der Waals surface area contributed by atoms with Crippen LogP contribution in [0.25, 0.3) is 21.8 Å². The molecule has 10 nitrogen and oxygen atoms in total. The first kappa shape index (κ1) is 23.6. The van der Waals surface area contributed by atoms with E-state index in [1.165, 1.54) is 11.2 Å². The van der Waals surface area contributed by atoms with Gasteiger partial charge in [0.15, 0.2) is 6.10 Å². The Morgan fingerprint density at radius 3 is 2.94 bits per heavy atom. The number of carbonyl (C=O) groups excluding carboxylic acids is 1. The summed E-state index contributed by atoms with van der Waals surface area (Å²) < 4.78 is 7.97. The molecular weight excluding hydrogens is 478 g/mol. The van der Waals surface area contributed by atoms with Crippen LogP contribution in [0.15, 0.2) is 59.8 Å². The molecule has 11 heteroatoms. The number of likely N-dealkylation sites (N-methyl/N-ethyl adjacent to an activating group) is 1. The van der Waals surface area contributed by atoms with E-state index in [2.05, 4.69) is 25.4 Å². The summed E-state index contributed by atoms with van der Waals surface area (Å²) in [6, 6.07) is 11.5. The maximum atomic E-state index is 12.6. The van der Waals surface area contributed by atoms with Gasteiger partial charge in [0.2, 0.25) is 0 Å². The summed E-state index contributed by atoms with van der Waals surface area (Å²) in [7, 11) is 1.63. The van der Waals surface area contributed by atoms with Crippen molar-refractivity contribution in [3.63, 3.8) is 0 Å². The number of hydrogen-bond donors (Lipinski definition) is 2. The highest BCUT2D eigenvalue weighted by Crippen LogP contribution is 2.33. The van der Waals surface area contributed by atoms with E-state index in [1.54, 1.807) is 31.4 Å². The highest BCUT2D eigenvalue weighted by atomic mass is 32.1. The fraction of sp³-hybridized carbons (Fsp3) is 0.240. The Labute approximate surface area is 211 Å². The molecule has 0 spiro atoms. The van der Waals surface area contributed by atoms with Gasteiger partial charge in [-0.1, -0.05) is 6.07 Å². The smallest absolute Gasteiger partial charge is 0.263 e. The third-order valence-electron chi connectivity index (χ3n) is 5.79. The number of hydrogen-bond acceptors (Lipinski definition) is 9. The Kier molecular flexibility index (Phi) is 6.74. The standard InChI is InChI=1S/C25H25N7O3S/c1-16(25(34)31(2)8-9-33)35-22-5-3-4-20-23(22)24(27-14-26-20)30-18-6-7-21-17(10-18)11-29-32(21)12-19-13-36-15-28-19/h3-7,10-11,13-16,33H,8-9,12H2,1-2H3,(H,26,27,30). The molecule has 1 atom stereocenters. The molecule has 0 radical (unpaired) electrons. The molecule has 0 saturated carbocycles. The molecule has 5 aromatic rings. The van der Waals surface area contributed by atoms with Crippen LogP contribution in [0.3, 0.4) is 0 Å². The van der Waals surface area contributed by atoms with Crippen molar-refractivity contribution in [2.24, 2.45) is 0 Å². The first-order valence-electron chi connectivity index (χ1n) is 11.4. The van der Waals surface area contributed by atoms with Gasteiger partial charge in [-0.15, -0.1) is 11.3 Å². The number of fused-ring (bicyclic) bond motifs is 2. The average molecular weight is 504 g/mol. The zero-order valence-electron chi connectivity index (χ0n) is 19.8. The number of rotatable bonds is 9. The lowest BCUT2D eigenvalue weighted by molar-refractivity contribution is -0.136. The summed E-state index contributed by atoms with van der Waals surface area (Å²) in [5.74, 6) is 0.826. The molecule has 3 heterocycles. The number of carbonyl (C=O) groups is 1. The van der Waals surface area contributed by atoms with Crippen LogP contribution in [0, 0.1) is 0 Å². The lowest BCUT2D eigenvalue weighted by atomic mass is 10.2. The van der Waals surface area contributed by atoms with E-state index < -0.39 is 6.10 Å². The van der Waals surface area contributed by atoms with Gasteiger partial charge in [-0.2, -0.15) is 5.10 Å². The number of nitrogens with one attached hydrogen (secondary N) is 1. The molecule has 184 valence electrons. The maximum Gasteiger partial charge on any atom is 0.263 e. The van der Waals surface area contributed by atoms with Gasteiger partial charge in [0.25, 0.3) is 5.91 Å². The van der Waals surface area contributed by atoms with E-state index in [9.17, 15) is 4.79 Å². The van der Waals surface area contributed by atoms with Crippen LogP contribution in [0.2, 0.25) is 0 Å². The number of nitrogens with zero attached hydrogens (tertiary/aromatic N) is 6. The van der Waals surface area contributed by atoms with Crippen molar-refractivity contribution >= 4 is 50.6 Å². The van der Waals surface area contributed by atoms with Crippen molar-refractivity contribution in [2.45, 2.75) is 19.6 Å². The molecule has 0 bridgehead atoms. The van der Waals surface area contributed by atoms with E-state index in [4.69, 9.17) is 9.84 Å². The number of ether oxygens (including phenoxy) is 1. The second-order valence-electron chi connectivity index (χ2n) is 8.30. The topological polar surface area (TPSA) is 118 Å². The molecular formula is C25H25N7O3S. The predicted molar refractivity (Wildman–Crippen MR) is 139 cm³/mol. The van der Waals surface area contributed by atoms with Crippen molar-refractivity contribution in [1.82, 2.24) is 29.6 Å². The molecule has 2 N–H and O–H groups in total. The zero-order valence-corrected chi connectivity index (χ0v) is 20.6. The highest BCUT2D eigenvalue weighted by molar-refractivity contribution is 7.07. The molecule has 3 aromatic heterocycles. The minimum atomic E-state index is -0.750. The maximum absolute atomic E-state index is 12.6. The van der Waals surface area contributed by atoms with E-state index in [1.807, 2.05) is 52.1 Å². The molecule has 0 saturated heterocycles. The molecule has 0 aliphatic heterocycles. The van der Waals surface area contributed by atoms with Crippen LogP contribution in [0.4, 0.5) is 11.5 Å². The summed E-state index contributed by atoms with van der Waals surface area (Å²) >= 11 is 1.57. The number of aromatic nitrogens is 5. The monoisotopic (exact) mass is 503 g/mol. The molecule has 36 heavy (non-hydrogen) atoms. The van der Waals surface area contributed by atoms with Crippen molar-refractivity contribution in [1.29, 1.82) is 0 Å². The van der Waals surface area contributed by atoms with Crippen LogP contribution in [-0.2, 0) is 11.3 Å². The first-order valence-corrected chi connectivity index (χ1v) is 12.3. The second-order valence-corrected chi connectivity index (χ2v) is 9.02. The number of anilines is 2. The summed E-state index contributed by atoms with van der Waals surface area (Å²) in [6.07, 6.45) is 2.57. The minimum absolute atomic E-state index is 0.112. The van der Waals surface area contributed by atoms with Gasteiger partial charge in [0.1, 0.15) is 17.9 Å². The molecule has 2 aromatic carbocycles. The summed E-state index contributed by atoms with van der Waals surface area (Å²) in [4.78, 5) is 27.2. The lowest BCUT2D eigenvalue weighted by Gasteiger charge is -2.22. The van der Waals surface area contributed by atoms with Crippen molar-refractivity contribution in [2.75, 3.05) is 25.5 Å². The molecule has 1 amide bonds. The van der Waals surface area contributed by atoms with Gasteiger partial charge in [-0.3, -0.25) is 9.48 Å². The summed E-state index contributed by atoms with van der Waals surface area (Å²) in [5, 5.41) is 20.7. The zero-order chi connectivity index (χ0) is 25.1. The molecule has 0 fully saturated rings. The van der Waals surface area contributed by atoms with Crippen molar-refractivity contribution < 1.29 is 14.6 Å². The lowest BCUT2D eigenvalue weighted by Crippen LogP contribution is -2.39. The number of benzene rings is 2. The summed E-state index contributed by atoms with van der Waals surface area (Å²) in [5.41, 5.74) is 5.31. The van der Waals surface area contributed by atoms with Gasteiger partial charge in [-0.05, 0) is 37.3 Å². The van der Waals surface area contributed by atoms with E-state index in [0.717, 1.165) is 22.3 Å². The first-order chi connectivity index (χ1) is 17.5. The fourth-order valence-electron chi connectivity index (χ4n) is 3.98. The van der Waals surface area contributed by atoms with Crippen LogP contribution < -0.4 is 10.1 Å². The fourth-order valence-corrected chi connectivity index (χ4v) is 4.53. The molecule has 5 rings (SSSR count).